The van der Waals surface area contributed by atoms with Gasteiger partial charge in [-0.05, 0) is 64.0 Å². The van der Waals surface area contributed by atoms with Crippen LogP contribution in [0.25, 0.3) is 5.69 Å². The third kappa shape index (κ3) is 4.22. The van der Waals surface area contributed by atoms with Gasteiger partial charge in [0.1, 0.15) is 0 Å². The average molecular weight is 399 g/mol. The average Bonchev–Trinajstić information content (AvgIpc) is 2.90. The molecule has 3 rings (SSSR count). The Morgan fingerprint density at radius 2 is 1.78 bits per heavy atom. The molecule has 0 N–H and O–H groups in total. The van der Waals surface area contributed by atoms with Gasteiger partial charge in [0.2, 0.25) is 0 Å². The van der Waals surface area contributed by atoms with Gasteiger partial charge in [0.15, 0.2) is 5.78 Å². The number of ketones is 1. The predicted octanol–water partition coefficient (Wildman–Crippen LogP) is 5.43. The Morgan fingerprint density at radius 1 is 1.11 bits per heavy atom. The first-order chi connectivity index (χ1) is 12.7. The standard InChI is InChI=1S/C20H22ClF3N2O/c1-13-10-16(19(27)12-25-8-4-3-5-9-25)14(2)26(13)15-6-7-18(21)17(11-15)20(22,23)24/h6-7,10-11H,3-5,8-9,12H2,1-2H3. The van der Waals surface area contributed by atoms with E-state index in [1.807, 2.05) is 0 Å². The SMILES string of the molecule is Cc1cc(C(=O)CN2CCCCC2)c(C)n1-c1ccc(Cl)c(C(F)(F)F)c1. The van der Waals surface area contributed by atoms with E-state index in [0.29, 0.717) is 29.2 Å². The van der Waals surface area contributed by atoms with E-state index in [0.717, 1.165) is 32.0 Å². The van der Waals surface area contributed by atoms with Crippen LogP contribution in [0.2, 0.25) is 5.02 Å². The van der Waals surface area contributed by atoms with Crippen LogP contribution in [-0.4, -0.2) is 34.9 Å². The van der Waals surface area contributed by atoms with Crippen LogP contribution in [0.1, 0.15) is 46.6 Å². The molecule has 1 aromatic heterocycles. The first-order valence-corrected chi connectivity index (χ1v) is 9.38. The minimum absolute atomic E-state index is 0.00117. The Morgan fingerprint density at radius 3 is 2.41 bits per heavy atom. The molecule has 27 heavy (non-hydrogen) atoms. The molecule has 1 aromatic carbocycles. The molecule has 2 aromatic rings. The van der Waals surface area contributed by atoms with Gasteiger partial charge in [-0.2, -0.15) is 13.2 Å². The molecular formula is C20H22ClF3N2O. The van der Waals surface area contributed by atoms with E-state index < -0.39 is 11.7 Å². The quantitative estimate of drug-likeness (QED) is 0.641. The molecule has 1 aliphatic heterocycles. The fraction of sp³-hybridized carbons (Fsp3) is 0.450. The summed E-state index contributed by atoms with van der Waals surface area (Å²) in [6.07, 6.45) is -1.15. The Hall–Kier alpha value is -1.79. The second-order valence-electron chi connectivity index (χ2n) is 7.04. The number of nitrogens with zero attached hydrogens (tertiary/aromatic N) is 2. The Bertz CT molecular complexity index is 852. The second-order valence-corrected chi connectivity index (χ2v) is 7.45. The molecule has 0 saturated carbocycles. The molecule has 1 fully saturated rings. The van der Waals surface area contributed by atoms with Crippen molar-refractivity contribution in [2.75, 3.05) is 19.6 Å². The number of benzene rings is 1. The van der Waals surface area contributed by atoms with Crippen LogP contribution in [0.3, 0.4) is 0 Å². The van der Waals surface area contributed by atoms with Crippen molar-refractivity contribution in [3.05, 3.63) is 51.8 Å². The molecule has 0 amide bonds. The molecule has 1 aliphatic rings. The van der Waals surface area contributed by atoms with Crippen molar-refractivity contribution in [1.82, 2.24) is 9.47 Å². The number of carbonyl (C=O) groups excluding carboxylic acids is 1. The zero-order chi connectivity index (χ0) is 19.8. The Labute approximate surface area is 161 Å². The summed E-state index contributed by atoms with van der Waals surface area (Å²) in [5.41, 5.74) is 1.38. The lowest BCUT2D eigenvalue weighted by atomic mass is 10.1. The summed E-state index contributed by atoms with van der Waals surface area (Å²) in [6, 6.07) is 5.56. The van der Waals surface area contributed by atoms with Crippen molar-refractivity contribution < 1.29 is 18.0 Å². The number of aryl methyl sites for hydroxylation is 1. The maximum absolute atomic E-state index is 13.2. The zero-order valence-corrected chi connectivity index (χ0v) is 16.1. The van der Waals surface area contributed by atoms with E-state index in [-0.39, 0.29) is 10.8 Å². The summed E-state index contributed by atoms with van der Waals surface area (Å²) in [4.78, 5) is 14.9. The van der Waals surface area contributed by atoms with Crippen molar-refractivity contribution in [3.8, 4) is 5.69 Å². The number of likely N-dealkylation sites (tertiary alicyclic amines) is 1. The third-order valence-electron chi connectivity index (χ3n) is 5.06. The van der Waals surface area contributed by atoms with Crippen LogP contribution in [0.4, 0.5) is 13.2 Å². The van der Waals surface area contributed by atoms with Crippen molar-refractivity contribution in [2.24, 2.45) is 0 Å². The number of aromatic nitrogens is 1. The van der Waals surface area contributed by atoms with Gasteiger partial charge >= 0.3 is 6.18 Å². The Kier molecular flexibility index (Phi) is 5.68. The van der Waals surface area contributed by atoms with E-state index in [9.17, 15) is 18.0 Å². The monoisotopic (exact) mass is 398 g/mol. The summed E-state index contributed by atoms with van der Waals surface area (Å²) < 4.78 is 41.2. The van der Waals surface area contributed by atoms with Crippen LogP contribution in [0, 0.1) is 13.8 Å². The number of carbonyl (C=O) groups is 1. The van der Waals surface area contributed by atoms with Gasteiger partial charge in [-0.25, -0.2) is 0 Å². The number of alkyl halides is 3. The summed E-state index contributed by atoms with van der Waals surface area (Å²) in [7, 11) is 0. The first kappa shape index (κ1) is 20.0. The van der Waals surface area contributed by atoms with Crippen LogP contribution >= 0.6 is 11.6 Å². The molecule has 2 heterocycles. The number of Topliss-reactive ketones (excluding diaryl/α,β-unsaturated/α-hetero) is 1. The number of halogens is 4. The van der Waals surface area contributed by atoms with Gasteiger partial charge in [-0.3, -0.25) is 9.69 Å². The normalized spacial score (nSPS) is 15.9. The molecule has 0 unspecified atom stereocenters. The highest BCUT2D eigenvalue weighted by atomic mass is 35.5. The van der Waals surface area contributed by atoms with E-state index in [2.05, 4.69) is 4.90 Å². The number of hydrogen-bond acceptors (Lipinski definition) is 2. The maximum atomic E-state index is 13.2. The van der Waals surface area contributed by atoms with Crippen molar-refractivity contribution in [3.63, 3.8) is 0 Å². The highest BCUT2D eigenvalue weighted by molar-refractivity contribution is 6.31. The first-order valence-electron chi connectivity index (χ1n) is 9.00. The summed E-state index contributed by atoms with van der Waals surface area (Å²) in [5.74, 6) is 0.00117. The van der Waals surface area contributed by atoms with E-state index >= 15 is 0 Å². The van der Waals surface area contributed by atoms with Crippen molar-refractivity contribution in [2.45, 2.75) is 39.3 Å². The Balaban J connectivity index is 1.93. The summed E-state index contributed by atoms with van der Waals surface area (Å²) in [6.45, 7) is 5.72. The highest BCUT2D eigenvalue weighted by Crippen LogP contribution is 2.36. The van der Waals surface area contributed by atoms with Crippen molar-refractivity contribution in [1.29, 1.82) is 0 Å². The summed E-state index contributed by atoms with van der Waals surface area (Å²) in [5, 5.41) is -0.338. The van der Waals surface area contributed by atoms with Crippen LogP contribution in [-0.2, 0) is 6.18 Å². The number of piperidine rings is 1. The van der Waals surface area contributed by atoms with Crippen LogP contribution in [0.15, 0.2) is 24.3 Å². The molecule has 0 spiro atoms. The van der Waals surface area contributed by atoms with Gasteiger partial charge in [0.05, 0.1) is 17.1 Å². The highest BCUT2D eigenvalue weighted by Gasteiger charge is 2.33. The lowest BCUT2D eigenvalue weighted by Crippen LogP contribution is -2.34. The molecule has 1 saturated heterocycles. The minimum atomic E-state index is -4.53. The lowest BCUT2D eigenvalue weighted by Gasteiger charge is -2.25. The predicted molar refractivity (Wildman–Crippen MR) is 99.9 cm³/mol. The number of hydrogen-bond donors (Lipinski definition) is 0. The molecule has 0 radical (unpaired) electrons. The van der Waals surface area contributed by atoms with Gasteiger partial charge in [-0.1, -0.05) is 18.0 Å². The lowest BCUT2D eigenvalue weighted by molar-refractivity contribution is -0.137. The van der Waals surface area contributed by atoms with Gasteiger partial charge in [0.25, 0.3) is 0 Å². The third-order valence-corrected chi connectivity index (χ3v) is 5.39. The molecule has 146 valence electrons. The smallest absolute Gasteiger partial charge is 0.318 e. The fourth-order valence-electron chi connectivity index (χ4n) is 3.72. The van der Waals surface area contributed by atoms with Crippen molar-refractivity contribution >= 4 is 17.4 Å². The van der Waals surface area contributed by atoms with Gasteiger partial charge in [0, 0.05) is 22.6 Å². The van der Waals surface area contributed by atoms with E-state index in [4.69, 9.17) is 11.6 Å². The van der Waals surface area contributed by atoms with Gasteiger partial charge < -0.3 is 4.57 Å². The molecule has 0 atom stereocenters. The van der Waals surface area contributed by atoms with E-state index in [1.54, 1.807) is 24.5 Å². The van der Waals surface area contributed by atoms with Crippen LogP contribution < -0.4 is 0 Å². The number of rotatable bonds is 4. The largest absolute Gasteiger partial charge is 0.417 e. The maximum Gasteiger partial charge on any atom is 0.417 e. The second kappa shape index (κ2) is 7.68. The molecular weight excluding hydrogens is 377 g/mol. The summed E-state index contributed by atoms with van der Waals surface area (Å²) >= 11 is 5.72. The molecule has 3 nitrogen and oxygen atoms in total. The topological polar surface area (TPSA) is 25.2 Å². The minimum Gasteiger partial charge on any atom is -0.318 e. The fourth-order valence-corrected chi connectivity index (χ4v) is 3.94. The van der Waals surface area contributed by atoms with Gasteiger partial charge in [-0.15, -0.1) is 0 Å². The van der Waals surface area contributed by atoms with Crippen LogP contribution in [0.5, 0.6) is 0 Å². The molecule has 0 bridgehead atoms. The van der Waals surface area contributed by atoms with E-state index in [1.165, 1.54) is 18.6 Å². The molecule has 0 aliphatic carbocycles. The zero-order valence-electron chi connectivity index (χ0n) is 15.4. The molecule has 7 heteroatoms.